The van der Waals surface area contributed by atoms with Gasteiger partial charge in [-0.3, -0.25) is 9.59 Å². The van der Waals surface area contributed by atoms with Gasteiger partial charge >= 0.3 is 11.9 Å². The fraction of sp³-hybridized carbons (Fsp3) is 0.692. The summed E-state index contributed by atoms with van der Waals surface area (Å²) in [6.45, 7) is 7.87. The number of thioether (sulfide) groups is 2. The summed E-state index contributed by atoms with van der Waals surface area (Å²) < 4.78 is 22.4. The molecular formula is C26H40O6S2. The van der Waals surface area contributed by atoms with E-state index < -0.39 is 4.93 Å². The minimum atomic E-state index is -0.531. The number of hydrogen-bond donors (Lipinski definition) is 0. The average molecular weight is 513 g/mol. The molecule has 0 amide bonds. The number of hydrogen-bond acceptors (Lipinski definition) is 8. The highest BCUT2D eigenvalue weighted by Crippen LogP contribution is 2.45. The van der Waals surface area contributed by atoms with Crippen LogP contribution in [0.15, 0.2) is 24.3 Å². The molecule has 0 radical (unpaired) electrons. The Morgan fingerprint density at radius 1 is 1.09 bits per heavy atom. The maximum Gasteiger partial charge on any atom is 0.305 e. The van der Waals surface area contributed by atoms with Gasteiger partial charge in [0, 0.05) is 23.8 Å². The molecule has 1 fully saturated rings. The number of para-hydroxylation sites is 1. The lowest BCUT2D eigenvalue weighted by Gasteiger charge is -2.27. The first-order valence-corrected chi connectivity index (χ1v) is 14.5. The van der Waals surface area contributed by atoms with Gasteiger partial charge in [0.1, 0.15) is 10.7 Å². The van der Waals surface area contributed by atoms with E-state index >= 15 is 0 Å². The second-order valence-electron chi connectivity index (χ2n) is 8.21. The van der Waals surface area contributed by atoms with Gasteiger partial charge in [-0.05, 0) is 56.9 Å². The van der Waals surface area contributed by atoms with Gasteiger partial charge in [-0.15, -0.1) is 11.8 Å². The third-order valence-electron chi connectivity index (χ3n) is 5.43. The minimum absolute atomic E-state index is 0.222. The van der Waals surface area contributed by atoms with Gasteiger partial charge in [-0.25, -0.2) is 0 Å². The zero-order chi connectivity index (χ0) is 24.7. The van der Waals surface area contributed by atoms with Crippen molar-refractivity contribution in [2.45, 2.75) is 75.9 Å². The van der Waals surface area contributed by atoms with E-state index in [-0.39, 0.29) is 11.9 Å². The summed E-state index contributed by atoms with van der Waals surface area (Å²) >= 11 is 3.66. The van der Waals surface area contributed by atoms with E-state index in [2.05, 4.69) is 25.1 Å². The van der Waals surface area contributed by atoms with Gasteiger partial charge in [0.25, 0.3) is 0 Å². The Bertz CT molecular complexity index is 720. The van der Waals surface area contributed by atoms with Crippen LogP contribution in [0.4, 0.5) is 0 Å². The first-order valence-electron chi connectivity index (χ1n) is 12.4. The van der Waals surface area contributed by atoms with Crippen LogP contribution >= 0.6 is 23.5 Å². The number of esters is 2. The van der Waals surface area contributed by atoms with Crippen LogP contribution < -0.4 is 4.74 Å². The maximum absolute atomic E-state index is 11.9. The molecule has 0 spiro atoms. The second-order valence-corrected chi connectivity index (χ2v) is 11.0. The molecule has 8 heteroatoms. The third kappa shape index (κ3) is 10.5. The number of ether oxygens (including phenoxy) is 4. The van der Waals surface area contributed by atoms with Gasteiger partial charge in [-0.2, -0.15) is 11.8 Å². The van der Waals surface area contributed by atoms with E-state index in [1.165, 1.54) is 5.56 Å². The maximum atomic E-state index is 11.9. The number of carbonyl (C=O) groups excluding carboxylic acids is 2. The SMILES string of the molecule is CCCc1ccccc1OCCCSCC1COC(CCC(=O)OCC)(CCC(=O)OCC)S1. The van der Waals surface area contributed by atoms with Crippen molar-refractivity contribution in [3.63, 3.8) is 0 Å². The van der Waals surface area contributed by atoms with Crippen molar-refractivity contribution in [2.24, 2.45) is 0 Å². The molecule has 192 valence electrons. The Kier molecular flexibility index (Phi) is 13.9. The lowest BCUT2D eigenvalue weighted by atomic mass is 10.1. The molecule has 1 saturated heterocycles. The molecule has 0 bridgehead atoms. The molecule has 6 nitrogen and oxygen atoms in total. The number of carbonyl (C=O) groups is 2. The van der Waals surface area contributed by atoms with Gasteiger partial charge in [0.2, 0.25) is 0 Å². The molecule has 1 unspecified atom stereocenters. The summed E-state index contributed by atoms with van der Waals surface area (Å²) in [6, 6.07) is 8.28. The molecule has 1 aliphatic rings. The average Bonchev–Trinajstić information content (AvgIpc) is 3.24. The number of benzene rings is 1. The lowest BCUT2D eigenvalue weighted by molar-refractivity contribution is -0.144. The van der Waals surface area contributed by atoms with Crippen molar-refractivity contribution in [3.05, 3.63) is 29.8 Å². The molecule has 1 heterocycles. The monoisotopic (exact) mass is 512 g/mol. The molecule has 2 rings (SSSR count). The molecule has 0 N–H and O–H groups in total. The molecule has 1 aliphatic heterocycles. The zero-order valence-corrected chi connectivity index (χ0v) is 22.5. The Labute approximate surface area is 213 Å². The summed E-state index contributed by atoms with van der Waals surface area (Å²) in [5.74, 6) is 2.55. The fourth-order valence-corrected chi connectivity index (χ4v) is 6.54. The van der Waals surface area contributed by atoms with Crippen molar-refractivity contribution in [1.82, 2.24) is 0 Å². The van der Waals surface area contributed by atoms with E-state index in [4.69, 9.17) is 18.9 Å². The van der Waals surface area contributed by atoms with Crippen molar-refractivity contribution >= 4 is 35.5 Å². The molecule has 34 heavy (non-hydrogen) atoms. The summed E-state index contributed by atoms with van der Waals surface area (Å²) in [5.41, 5.74) is 1.28. The Hall–Kier alpha value is -1.38. The Morgan fingerprint density at radius 3 is 2.41 bits per heavy atom. The smallest absolute Gasteiger partial charge is 0.305 e. The van der Waals surface area contributed by atoms with Crippen LogP contribution in [0.25, 0.3) is 0 Å². The largest absolute Gasteiger partial charge is 0.493 e. The molecule has 0 aromatic heterocycles. The van der Waals surface area contributed by atoms with Crippen molar-refractivity contribution in [2.75, 3.05) is 37.9 Å². The van der Waals surface area contributed by atoms with E-state index in [1.807, 2.05) is 17.8 Å². The van der Waals surface area contributed by atoms with Gasteiger partial charge in [0.15, 0.2) is 0 Å². The standard InChI is InChI=1S/C26H40O6S2/c1-4-10-21-11-7-8-12-23(21)31-17-9-18-33-20-22-19-32-26(34-22,15-13-24(27)29-5-2)16-14-25(28)30-6-3/h7-8,11-12,22H,4-6,9-10,13-20H2,1-3H3. The van der Waals surface area contributed by atoms with Gasteiger partial charge in [0.05, 0.1) is 26.4 Å². The van der Waals surface area contributed by atoms with Crippen LogP contribution in [0.3, 0.4) is 0 Å². The lowest BCUT2D eigenvalue weighted by Crippen LogP contribution is -2.27. The van der Waals surface area contributed by atoms with Crippen molar-refractivity contribution < 1.29 is 28.5 Å². The van der Waals surface area contributed by atoms with Crippen LogP contribution in [-0.4, -0.2) is 60.1 Å². The highest BCUT2D eigenvalue weighted by Gasteiger charge is 2.41. The van der Waals surface area contributed by atoms with Crippen molar-refractivity contribution in [1.29, 1.82) is 0 Å². The molecule has 1 atom stereocenters. The second kappa shape index (κ2) is 16.3. The highest BCUT2D eigenvalue weighted by atomic mass is 32.2. The first-order chi connectivity index (χ1) is 16.5. The van der Waals surface area contributed by atoms with Crippen LogP contribution in [0.1, 0.15) is 64.9 Å². The zero-order valence-electron chi connectivity index (χ0n) is 20.8. The molecule has 0 aliphatic carbocycles. The van der Waals surface area contributed by atoms with E-state index in [0.717, 1.165) is 36.5 Å². The summed E-state index contributed by atoms with van der Waals surface area (Å²) in [5, 5.41) is 0.334. The number of aryl methyl sites for hydroxylation is 1. The molecular weight excluding hydrogens is 472 g/mol. The molecule has 0 saturated carbocycles. The Balaban J connectivity index is 1.74. The van der Waals surface area contributed by atoms with E-state index in [9.17, 15) is 9.59 Å². The predicted molar refractivity (Wildman–Crippen MR) is 140 cm³/mol. The highest BCUT2D eigenvalue weighted by molar-refractivity contribution is 8.04. The summed E-state index contributed by atoms with van der Waals surface area (Å²) in [7, 11) is 0. The first kappa shape index (κ1) is 28.9. The fourth-order valence-electron chi connectivity index (χ4n) is 3.82. The van der Waals surface area contributed by atoms with Crippen LogP contribution in [0.5, 0.6) is 5.75 Å². The number of rotatable bonds is 17. The Morgan fingerprint density at radius 2 is 1.76 bits per heavy atom. The van der Waals surface area contributed by atoms with E-state index in [0.29, 0.717) is 57.4 Å². The topological polar surface area (TPSA) is 71.1 Å². The summed E-state index contributed by atoms with van der Waals surface area (Å²) in [6.07, 6.45) is 4.81. The van der Waals surface area contributed by atoms with Crippen LogP contribution in [0, 0.1) is 0 Å². The molecule has 1 aromatic rings. The van der Waals surface area contributed by atoms with Crippen LogP contribution in [0.2, 0.25) is 0 Å². The predicted octanol–water partition coefficient (Wildman–Crippen LogP) is 5.66. The van der Waals surface area contributed by atoms with Crippen LogP contribution in [-0.2, 0) is 30.2 Å². The minimum Gasteiger partial charge on any atom is -0.493 e. The van der Waals surface area contributed by atoms with E-state index in [1.54, 1.807) is 25.6 Å². The van der Waals surface area contributed by atoms with Gasteiger partial charge < -0.3 is 18.9 Å². The third-order valence-corrected chi connectivity index (χ3v) is 8.45. The molecule has 1 aromatic carbocycles. The van der Waals surface area contributed by atoms with Gasteiger partial charge in [-0.1, -0.05) is 31.5 Å². The quantitative estimate of drug-likeness (QED) is 0.196. The van der Waals surface area contributed by atoms with Crippen molar-refractivity contribution in [3.8, 4) is 5.75 Å². The normalized spacial score (nSPS) is 16.9. The summed E-state index contributed by atoms with van der Waals surface area (Å²) in [4.78, 5) is 23.3.